The number of sulfonamides is 1. The van der Waals surface area contributed by atoms with E-state index in [-0.39, 0.29) is 20.2 Å². The van der Waals surface area contributed by atoms with Crippen molar-refractivity contribution in [1.29, 1.82) is 0 Å². The molecule has 0 amide bonds. The highest BCUT2D eigenvalue weighted by atomic mass is 79.9. The zero-order valence-electron chi connectivity index (χ0n) is 10.0. The van der Waals surface area contributed by atoms with Crippen LogP contribution in [0.1, 0.15) is 0 Å². The van der Waals surface area contributed by atoms with Gasteiger partial charge >= 0.3 is 0 Å². The van der Waals surface area contributed by atoms with Gasteiger partial charge in [-0.2, -0.15) is 0 Å². The lowest BCUT2D eigenvalue weighted by atomic mass is 10.3. The first-order valence-electron chi connectivity index (χ1n) is 5.33. The second kappa shape index (κ2) is 6.08. The molecule has 21 heavy (non-hydrogen) atoms. The lowest BCUT2D eigenvalue weighted by Gasteiger charge is -2.11. The van der Waals surface area contributed by atoms with Gasteiger partial charge in [-0.25, -0.2) is 17.2 Å². The minimum Gasteiger partial charge on any atom is -0.279 e. The summed E-state index contributed by atoms with van der Waals surface area (Å²) >= 11 is 14.3. The monoisotopic (exact) mass is 415 g/mol. The van der Waals surface area contributed by atoms with Gasteiger partial charge in [-0.05, 0) is 40.2 Å². The molecule has 0 bridgehead atoms. The summed E-state index contributed by atoms with van der Waals surface area (Å²) in [7, 11) is -4.26. The van der Waals surface area contributed by atoms with Gasteiger partial charge in [0.25, 0.3) is 10.0 Å². The molecule has 0 aliphatic heterocycles. The van der Waals surface area contributed by atoms with Gasteiger partial charge in [-0.3, -0.25) is 4.72 Å². The van der Waals surface area contributed by atoms with Gasteiger partial charge in [0.05, 0.1) is 15.7 Å². The molecule has 0 aliphatic rings. The van der Waals surface area contributed by atoms with E-state index in [9.17, 15) is 17.2 Å². The van der Waals surface area contributed by atoms with Crippen LogP contribution in [0.25, 0.3) is 0 Å². The number of benzene rings is 2. The maximum atomic E-state index is 13.7. The van der Waals surface area contributed by atoms with Crippen molar-refractivity contribution in [1.82, 2.24) is 0 Å². The predicted molar refractivity (Wildman–Crippen MR) is 81.3 cm³/mol. The Kier molecular flexibility index (Phi) is 4.77. The first-order valence-corrected chi connectivity index (χ1v) is 8.36. The van der Waals surface area contributed by atoms with E-state index in [4.69, 9.17) is 23.2 Å². The predicted octanol–water partition coefficient (Wildman–Crippen LogP) is 4.83. The summed E-state index contributed by atoms with van der Waals surface area (Å²) in [5, 5.41) is 0.379. The van der Waals surface area contributed by atoms with Crippen LogP contribution >= 0.6 is 39.1 Å². The van der Waals surface area contributed by atoms with Crippen molar-refractivity contribution >= 4 is 54.8 Å². The molecule has 0 aliphatic carbocycles. The second-order valence-electron chi connectivity index (χ2n) is 3.93. The van der Waals surface area contributed by atoms with E-state index >= 15 is 0 Å². The van der Waals surface area contributed by atoms with Crippen LogP contribution in [0.15, 0.2) is 39.7 Å². The number of rotatable bonds is 3. The zero-order chi connectivity index (χ0) is 15.8. The van der Waals surface area contributed by atoms with E-state index in [1.54, 1.807) is 0 Å². The van der Waals surface area contributed by atoms with E-state index in [2.05, 4.69) is 20.7 Å². The second-order valence-corrected chi connectivity index (χ2v) is 7.22. The molecular formula is C12H6BrCl2F2NO2S. The Labute approximate surface area is 138 Å². The van der Waals surface area contributed by atoms with Crippen LogP contribution in [0.2, 0.25) is 10.0 Å². The number of hydrogen-bond acceptors (Lipinski definition) is 2. The normalized spacial score (nSPS) is 11.5. The molecule has 0 spiro atoms. The molecule has 0 unspecified atom stereocenters. The molecule has 2 aromatic rings. The average molecular weight is 417 g/mol. The first-order chi connectivity index (χ1) is 9.70. The van der Waals surface area contributed by atoms with E-state index in [0.717, 1.165) is 6.07 Å². The number of anilines is 1. The van der Waals surface area contributed by atoms with Crippen LogP contribution in [0, 0.1) is 11.6 Å². The quantitative estimate of drug-likeness (QED) is 0.778. The van der Waals surface area contributed by atoms with Crippen molar-refractivity contribution in [3.63, 3.8) is 0 Å². The average Bonchev–Trinajstić information content (AvgIpc) is 2.31. The van der Waals surface area contributed by atoms with Crippen LogP contribution in [0.4, 0.5) is 14.5 Å². The van der Waals surface area contributed by atoms with Crippen LogP contribution < -0.4 is 4.72 Å². The fourth-order valence-corrected chi connectivity index (χ4v) is 4.07. The summed E-state index contributed by atoms with van der Waals surface area (Å²) < 4.78 is 53.0. The Morgan fingerprint density at radius 2 is 1.71 bits per heavy atom. The van der Waals surface area contributed by atoms with Gasteiger partial charge in [0.1, 0.15) is 16.5 Å². The maximum absolute atomic E-state index is 13.7. The number of nitrogens with one attached hydrogen (secondary N) is 1. The summed E-state index contributed by atoms with van der Waals surface area (Å²) in [6.07, 6.45) is 0. The molecule has 0 radical (unpaired) electrons. The summed E-state index contributed by atoms with van der Waals surface area (Å²) in [4.78, 5) is -0.699. The zero-order valence-corrected chi connectivity index (χ0v) is 13.9. The minimum absolute atomic E-state index is 0.0972. The highest BCUT2D eigenvalue weighted by molar-refractivity contribution is 9.10. The van der Waals surface area contributed by atoms with Gasteiger partial charge < -0.3 is 0 Å². The molecule has 0 atom stereocenters. The van der Waals surface area contributed by atoms with Crippen LogP contribution in [-0.4, -0.2) is 8.42 Å². The smallest absolute Gasteiger partial charge is 0.265 e. The molecule has 0 heterocycles. The van der Waals surface area contributed by atoms with E-state index in [1.165, 1.54) is 18.2 Å². The van der Waals surface area contributed by atoms with E-state index < -0.39 is 26.6 Å². The minimum atomic E-state index is -4.26. The van der Waals surface area contributed by atoms with Gasteiger partial charge in [-0.1, -0.05) is 23.2 Å². The molecule has 2 rings (SSSR count). The molecule has 0 aromatic heterocycles. The maximum Gasteiger partial charge on any atom is 0.265 e. The molecule has 112 valence electrons. The molecule has 1 N–H and O–H groups in total. The Morgan fingerprint density at radius 3 is 2.29 bits per heavy atom. The number of hydrogen-bond donors (Lipinski definition) is 1. The summed E-state index contributed by atoms with van der Waals surface area (Å²) in [6, 6.07) is 5.36. The van der Waals surface area contributed by atoms with Gasteiger partial charge in [-0.15, -0.1) is 0 Å². The van der Waals surface area contributed by atoms with Crippen LogP contribution in [0.3, 0.4) is 0 Å². The highest BCUT2D eigenvalue weighted by Crippen LogP contribution is 2.30. The van der Waals surface area contributed by atoms with Crippen molar-refractivity contribution in [2.24, 2.45) is 0 Å². The van der Waals surface area contributed by atoms with Crippen LogP contribution in [0.5, 0.6) is 0 Å². The van der Waals surface area contributed by atoms with Crippen molar-refractivity contribution in [3.8, 4) is 0 Å². The summed E-state index contributed by atoms with van der Waals surface area (Å²) in [5.74, 6) is -2.11. The topological polar surface area (TPSA) is 46.2 Å². The Hall–Kier alpha value is -0.890. The Morgan fingerprint density at radius 1 is 1.05 bits per heavy atom. The largest absolute Gasteiger partial charge is 0.279 e. The van der Waals surface area contributed by atoms with Gasteiger partial charge in [0.2, 0.25) is 0 Å². The lowest BCUT2D eigenvalue weighted by Crippen LogP contribution is -2.15. The van der Waals surface area contributed by atoms with E-state index in [0.29, 0.717) is 6.07 Å². The Balaban J connectivity index is 2.46. The third kappa shape index (κ3) is 3.66. The first kappa shape index (κ1) is 16.5. The molecule has 2 aromatic carbocycles. The van der Waals surface area contributed by atoms with Crippen molar-refractivity contribution < 1.29 is 17.2 Å². The fourth-order valence-electron chi connectivity index (χ4n) is 1.55. The molecule has 0 saturated heterocycles. The molecule has 3 nitrogen and oxygen atoms in total. The summed E-state index contributed by atoms with van der Waals surface area (Å²) in [5.41, 5.74) is 0.0972. The molecular weight excluding hydrogens is 411 g/mol. The van der Waals surface area contributed by atoms with Crippen molar-refractivity contribution in [2.45, 2.75) is 4.90 Å². The van der Waals surface area contributed by atoms with Crippen molar-refractivity contribution in [2.75, 3.05) is 4.72 Å². The standard InChI is InChI=1S/C12H6BrCl2F2NO2S/c13-8-3-6(16)4-11(17)12(8)21(19,20)18-7-1-2-9(14)10(15)5-7/h1-5,18H. The third-order valence-electron chi connectivity index (χ3n) is 2.40. The van der Waals surface area contributed by atoms with Gasteiger partial charge in [0, 0.05) is 10.5 Å². The molecule has 9 heteroatoms. The molecule has 0 saturated carbocycles. The SMILES string of the molecule is O=S(=O)(Nc1ccc(Cl)c(Cl)c1)c1c(F)cc(F)cc1Br. The van der Waals surface area contributed by atoms with Gasteiger partial charge in [0.15, 0.2) is 0 Å². The van der Waals surface area contributed by atoms with Crippen LogP contribution in [-0.2, 0) is 10.0 Å². The Bertz CT molecular complexity index is 792. The lowest BCUT2D eigenvalue weighted by molar-refractivity contribution is 0.548. The highest BCUT2D eigenvalue weighted by Gasteiger charge is 2.24. The van der Waals surface area contributed by atoms with E-state index in [1.807, 2.05) is 0 Å². The fraction of sp³-hybridized carbons (Fsp3) is 0. The van der Waals surface area contributed by atoms with Crippen molar-refractivity contribution in [3.05, 3.63) is 56.5 Å². The third-order valence-corrected chi connectivity index (χ3v) is 5.49. The number of halogens is 5. The summed E-state index contributed by atoms with van der Waals surface area (Å²) in [6.45, 7) is 0. The molecule has 0 fully saturated rings.